The monoisotopic (exact) mass is 349 g/mol. The van der Waals surface area contributed by atoms with Crippen molar-refractivity contribution in [2.75, 3.05) is 18.5 Å². The minimum absolute atomic E-state index is 0.152. The second-order valence-electron chi connectivity index (χ2n) is 5.65. The molecule has 7 nitrogen and oxygen atoms in total. The molecule has 0 fully saturated rings. The van der Waals surface area contributed by atoms with Crippen molar-refractivity contribution in [2.24, 2.45) is 0 Å². The van der Waals surface area contributed by atoms with Crippen LogP contribution in [0.2, 0.25) is 0 Å². The van der Waals surface area contributed by atoms with Gasteiger partial charge in [-0.15, -0.1) is 0 Å². The molecule has 2 N–H and O–H groups in total. The highest BCUT2D eigenvalue weighted by atomic mass is 16.6. The largest absolute Gasteiger partial charge is 0.486 e. The number of pyridine rings is 2. The molecule has 2 aromatic heterocycles. The highest BCUT2D eigenvalue weighted by molar-refractivity contribution is 6.06. The Balaban J connectivity index is 1.66. The lowest BCUT2D eigenvalue weighted by atomic mass is 10.1. The van der Waals surface area contributed by atoms with Crippen LogP contribution in [0, 0.1) is 0 Å². The summed E-state index contributed by atoms with van der Waals surface area (Å²) in [5.74, 6) is 0.464. The Morgan fingerprint density at radius 3 is 2.73 bits per heavy atom. The molecule has 0 unspecified atom stereocenters. The van der Waals surface area contributed by atoms with Crippen molar-refractivity contribution in [2.45, 2.75) is 0 Å². The summed E-state index contributed by atoms with van der Waals surface area (Å²) in [6.45, 7) is 0.807. The van der Waals surface area contributed by atoms with Crippen molar-refractivity contribution in [1.82, 2.24) is 9.97 Å². The Morgan fingerprint density at radius 1 is 1.08 bits per heavy atom. The predicted octanol–water partition coefficient (Wildman–Crippen LogP) is 2.46. The van der Waals surface area contributed by atoms with E-state index in [1.165, 1.54) is 0 Å². The maximum Gasteiger partial charge on any atom is 0.271 e. The molecule has 4 rings (SSSR count). The third-order valence-electron chi connectivity index (χ3n) is 3.98. The van der Waals surface area contributed by atoms with Crippen molar-refractivity contribution in [3.8, 4) is 22.6 Å². The molecule has 1 aliphatic heterocycles. The third-order valence-corrected chi connectivity index (χ3v) is 3.98. The first kappa shape index (κ1) is 15.9. The van der Waals surface area contributed by atoms with Crippen molar-refractivity contribution in [1.29, 1.82) is 0 Å². The van der Waals surface area contributed by atoms with Crippen LogP contribution in [0.15, 0.2) is 59.8 Å². The smallest absolute Gasteiger partial charge is 0.271 e. The number of H-pyrrole nitrogens is 1. The Morgan fingerprint density at radius 2 is 1.88 bits per heavy atom. The minimum atomic E-state index is -0.440. The Bertz CT molecular complexity index is 1010. The minimum Gasteiger partial charge on any atom is -0.486 e. The SMILES string of the molecule is O=C(Nc1cc(-c2ccncc2)c[nH]c1=O)c1cccc2c1OCCO2. The first-order valence-electron chi connectivity index (χ1n) is 8.05. The van der Waals surface area contributed by atoms with E-state index in [9.17, 15) is 9.59 Å². The van der Waals surface area contributed by atoms with Crippen LogP contribution >= 0.6 is 0 Å². The van der Waals surface area contributed by atoms with Crippen molar-refractivity contribution < 1.29 is 14.3 Å². The van der Waals surface area contributed by atoms with Gasteiger partial charge in [-0.3, -0.25) is 14.6 Å². The summed E-state index contributed by atoms with van der Waals surface area (Å²) in [5.41, 5.74) is 1.71. The van der Waals surface area contributed by atoms with Crippen LogP contribution in [0.5, 0.6) is 11.5 Å². The molecule has 130 valence electrons. The number of benzene rings is 1. The maximum absolute atomic E-state index is 12.7. The molecule has 0 atom stereocenters. The molecule has 3 aromatic rings. The molecular weight excluding hydrogens is 334 g/mol. The van der Waals surface area contributed by atoms with E-state index in [-0.39, 0.29) is 5.69 Å². The first-order valence-corrected chi connectivity index (χ1v) is 8.05. The van der Waals surface area contributed by atoms with Gasteiger partial charge in [0.05, 0.1) is 5.56 Å². The van der Waals surface area contributed by atoms with Crippen molar-refractivity contribution in [3.05, 3.63) is 70.9 Å². The Labute approximate surface area is 148 Å². The second-order valence-corrected chi connectivity index (χ2v) is 5.65. The fourth-order valence-corrected chi connectivity index (χ4v) is 2.73. The van der Waals surface area contributed by atoms with Gasteiger partial charge in [0, 0.05) is 24.2 Å². The average Bonchev–Trinajstić information content (AvgIpc) is 2.70. The predicted molar refractivity (Wildman–Crippen MR) is 95.7 cm³/mol. The van der Waals surface area contributed by atoms with Gasteiger partial charge in [-0.05, 0) is 35.9 Å². The van der Waals surface area contributed by atoms with E-state index < -0.39 is 11.5 Å². The molecule has 0 aliphatic carbocycles. The molecule has 0 saturated heterocycles. The van der Waals surface area contributed by atoms with Crippen LogP contribution < -0.4 is 20.3 Å². The molecule has 0 bridgehead atoms. The van der Waals surface area contributed by atoms with Gasteiger partial charge in [0.1, 0.15) is 18.9 Å². The molecule has 26 heavy (non-hydrogen) atoms. The van der Waals surface area contributed by atoms with Crippen LogP contribution in [0.4, 0.5) is 5.69 Å². The number of anilines is 1. The van der Waals surface area contributed by atoms with Gasteiger partial charge in [0.25, 0.3) is 11.5 Å². The van der Waals surface area contributed by atoms with Gasteiger partial charge in [-0.2, -0.15) is 0 Å². The quantitative estimate of drug-likeness (QED) is 0.758. The molecule has 1 aromatic carbocycles. The number of aromatic amines is 1. The average molecular weight is 349 g/mol. The van der Waals surface area contributed by atoms with E-state index in [1.807, 2.05) is 12.1 Å². The number of nitrogens with zero attached hydrogens (tertiary/aromatic N) is 1. The van der Waals surface area contributed by atoms with Crippen LogP contribution in [0.3, 0.4) is 0 Å². The lowest BCUT2D eigenvalue weighted by Crippen LogP contribution is -2.22. The van der Waals surface area contributed by atoms with Gasteiger partial charge in [-0.25, -0.2) is 0 Å². The van der Waals surface area contributed by atoms with Crippen LogP contribution in [-0.4, -0.2) is 29.1 Å². The maximum atomic E-state index is 12.7. The first-order chi connectivity index (χ1) is 12.7. The second kappa shape index (κ2) is 6.72. The number of nitrogens with one attached hydrogen (secondary N) is 2. The van der Waals surface area contributed by atoms with E-state index in [0.29, 0.717) is 30.3 Å². The number of carbonyl (C=O) groups is 1. The van der Waals surface area contributed by atoms with E-state index in [1.54, 1.807) is 42.9 Å². The molecule has 0 spiro atoms. The molecule has 7 heteroatoms. The summed E-state index contributed by atoms with van der Waals surface area (Å²) in [5, 5.41) is 2.65. The Kier molecular flexibility index (Phi) is 4.10. The molecule has 1 amide bonds. The number of hydrogen-bond donors (Lipinski definition) is 2. The standard InChI is InChI=1S/C19H15N3O4/c23-18(14-2-1-3-16-17(14)26-9-8-25-16)22-15-10-13(11-21-19(15)24)12-4-6-20-7-5-12/h1-7,10-11H,8-9H2,(H,21,24)(H,22,23). The number of fused-ring (bicyclic) bond motifs is 1. The zero-order valence-electron chi connectivity index (χ0n) is 13.7. The van der Waals surface area contributed by atoms with E-state index in [2.05, 4.69) is 15.3 Å². The van der Waals surface area contributed by atoms with Gasteiger partial charge >= 0.3 is 0 Å². The van der Waals surface area contributed by atoms with Crippen LogP contribution in [0.25, 0.3) is 11.1 Å². The molecule has 0 saturated carbocycles. The zero-order chi connectivity index (χ0) is 17.9. The molecule has 0 radical (unpaired) electrons. The lowest BCUT2D eigenvalue weighted by Gasteiger charge is -2.20. The van der Waals surface area contributed by atoms with Crippen molar-refractivity contribution >= 4 is 11.6 Å². The summed E-state index contributed by atoms with van der Waals surface area (Å²) >= 11 is 0. The number of carbonyl (C=O) groups excluding carboxylic acids is 1. The van der Waals surface area contributed by atoms with Crippen LogP contribution in [0.1, 0.15) is 10.4 Å². The number of para-hydroxylation sites is 1. The number of rotatable bonds is 3. The number of amides is 1. The summed E-state index contributed by atoms with van der Waals surface area (Å²) < 4.78 is 11.0. The Hall–Kier alpha value is -3.61. The molecule has 3 heterocycles. The summed E-state index contributed by atoms with van der Waals surface area (Å²) in [7, 11) is 0. The number of aromatic nitrogens is 2. The normalized spacial score (nSPS) is 12.5. The topological polar surface area (TPSA) is 93.3 Å². The lowest BCUT2D eigenvalue weighted by molar-refractivity contribution is 0.101. The summed E-state index contributed by atoms with van der Waals surface area (Å²) in [6.07, 6.45) is 4.91. The fraction of sp³-hybridized carbons (Fsp3) is 0.105. The van der Waals surface area contributed by atoms with E-state index in [4.69, 9.17) is 9.47 Å². The van der Waals surface area contributed by atoms with E-state index in [0.717, 1.165) is 11.1 Å². The third kappa shape index (κ3) is 3.02. The van der Waals surface area contributed by atoms with Gasteiger partial charge in [0.15, 0.2) is 11.5 Å². The van der Waals surface area contributed by atoms with Gasteiger partial charge < -0.3 is 19.8 Å². The van der Waals surface area contributed by atoms with Gasteiger partial charge in [0.2, 0.25) is 0 Å². The zero-order valence-corrected chi connectivity index (χ0v) is 13.7. The van der Waals surface area contributed by atoms with Crippen molar-refractivity contribution in [3.63, 3.8) is 0 Å². The molecule has 1 aliphatic rings. The highest BCUT2D eigenvalue weighted by Crippen LogP contribution is 2.33. The molecular formula is C19H15N3O4. The fourth-order valence-electron chi connectivity index (χ4n) is 2.73. The number of ether oxygens (including phenoxy) is 2. The number of hydrogen-bond acceptors (Lipinski definition) is 5. The van der Waals surface area contributed by atoms with Gasteiger partial charge in [-0.1, -0.05) is 6.07 Å². The van der Waals surface area contributed by atoms with Crippen LogP contribution in [-0.2, 0) is 0 Å². The van der Waals surface area contributed by atoms with E-state index >= 15 is 0 Å². The summed E-state index contributed by atoms with van der Waals surface area (Å²) in [6, 6.07) is 10.3. The highest BCUT2D eigenvalue weighted by Gasteiger charge is 2.21. The summed E-state index contributed by atoms with van der Waals surface area (Å²) in [4.78, 5) is 31.4.